The molecule has 0 amide bonds. The van der Waals surface area contributed by atoms with Crippen LogP contribution in [-0.2, 0) is 44.9 Å². The lowest BCUT2D eigenvalue weighted by molar-refractivity contribution is 0.454. The van der Waals surface area contributed by atoms with E-state index < -0.39 is 0 Å². The molecular formula is C69H106O6. The average Bonchev–Trinajstić information content (AvgIpc) is 3.43. The Morgan fingerprint density at radius 2 is 0.453 bits per heavy atom. The average molecular weight is 1030 g/mol. The van der Waals surface area contributed by atoms with Crippen molar-refractivity contribution < 1.29 is 30.6 Å². The highest BCUT2D eigenvalue weighted by atomic mass is 16.3. The van der Waals surface area contributed by atoms with E-state index in [0.29, 0.717) is 55.4 Å². The third-order valence-electron chi connectivity index (χ3n) is 13.4. The summed E-state index contributed by atoms with van der Waals surface area (Å²) in [5.74, 6) is 1.45. The van der Waals surface area contributed by atoms with Crippen molar-refractivity contribution in [1.29, 1.82) is 0 Å². The van der Waals surface area contributed by atoms with Crippen molar-refractivity contribution in [2.45, 2.75) is 225 Å². The highest BCUT2D eigenvalue weighted by Gasteiger charge is 2.23. The molecule has 75 heavy (non-hydrogen) atoms. The van der Waals surface area contributed by atoms with Gasteiger partial charge in [0.25, 0.3) is 0 Å². The van der Waals surface area contributed by atoms with Crippen LogP contribution in [-0.4, -0.2) is 30.6 Å². The maximum absolute atomic E-state index is 12.0. The van der Waals surface area contributed by atoms with Gasteiger partial charge in [0.15, 0.2) is 0 Å². The molecule has 0 aromatic heterocycles. The van der Waals surface area contributed by atoms with E-state index in [0.717, 1.165) is 118 Å². The van der Waals surface area contributed by atoms with Crippen LogP contribution in [0.2, 0.25) is 0 Å². The van der Waals surface area contributed by atoms with Crippen molar-refractivity contribution in [2.24, 2.45) is 0 Å². The number of hydrogen-bond donors (Lipinski definition) is 6. The highest BCUT2D eigenvalue weighted by Crippen LogP contribution is 2.41. The second kappa shape index (κ2) is 35.4. The number of benzene rings is 6. The number of hydrogen-bond acceptors (Lipinski definition) is 6. The van der Waals surface area contributed by atoms with Gasteiger partial charge in [-0.05, 0) is 189 Å². The summed E-state index contributed by atoms with van der Waals surface area (Å²) in [6, 6.07) is 16.1. The quantitative estimate of drug-likeness (QED) is 0.0726. The van der Waals surface area contributed by atoms with Crippen LogP contribution in [0.5, 0.6) is 34.5 Å². The van der Waals surface area contributed by atoms with Crippen molar-refractivity contribution >= 4 is 0 Å². The Kier molecular flexibility index (Phi) is 33.6. The van der Waals surface area contributed by atoms with Crippen molar-refractivity contribution in [3.63, 3.8) is 0 Å². The molecule has 0 radical (unpaired) electrons. The Bertz CT molecular complexity index is 2700. The molecule has 6 aromatic rings. The third-order valence-corrected chi connectivity index (χ3v) is 13.4. The van der Waals surface area contributed by atoms with E-state index in [2.05, 4.69) is 19.9 Å². The monoisotopic (exact) mass is 1030 g/mol. The lowest BCUT2D eigenvalue weighted by Crippen LogP contribution is -2.06. The normalized spacial score (nSPS) is 9.89. The molecule has 0 aliphatic rings. The molecule has 6 aromatic carbocycles. The topological polar surface area (TPSA) is 121 Å². The predicted octanol–water partition coefficient (Wildman–Crippen LogP) is 19.3. The Hall–Kier alpha value is -5.88. The smallest absolute Gasteiger partial charge is 0.122 e. The van der Waals surface area contributed by atoms with Crippen molar-refractivity contribution in [1.82, 2.24) is 0 Å². The fourth-order valence-electron chi connectivity index (χ4n) is 9.53. The number of rotatable bonds is 12. The summed E-state index contributed by atoms with van der Waals surface area (Å²) in [7, 11) is 0. The number of phenols is 6. The van der Waals surface area contributed by atoms with Crippen LogP contribution in [0.15, 0.2) is 48.5 Å². The van der Waals surface area contributed by atoms with Crippen LogP contribution in [0.4, 0.5) is 0 Å². The molecule has 6 heteroatoms. The van der Waals surface area contributed by atoms with E-state index in [1.54, 1.807) is 0 Å². The molecule has 418 valence electrons. The highest BCUT2D eigenvalue weighted by molar-refractivity contribution is 5.60. The number of aryl methyl sites for hydroxylation is 7. The van der Waals surface area contributed by atoms with Crippen LogP contribution < -0.4 is 0 Å². The molecule has 0 atom stereocenters. The Balaban J connectivity index is 0. The van der Waals surface area contributed by atoms with Crippen LogP contribution in [0.25, 0.3) is 0 Å². The maximum atomic E-state index is 12.0. The first-order chi connectivity index (χ1) is 35.7. The molecule has 0 bridgehead atoms. The minimum atomic E-state index is 0.146. The van der Waals surface area contributed by atoms with Crippen LogP contribution in [0, 0.1) is 69.2 Å². The largest absolute Gasteiger partial charge is 0.507 e. The van der Waals surface area contributed by atoms with Gasteiger partial charge >= 0.3 is 0 Å². The zero-order chi connectivity index (χ0) is 58.8. The molecule has 6 rings (SSSR count). The van der Waals surface area contributed by atoms with Crippen LogP contribution in [0.3, 0.4) is 0 Å². The van der Waals surface area contributed by atoms with E-state index in [4.69, 9.17) is 0 Å². The molecule has 6 nitrogen and oxygen atoms in total. The first kappa shape index (κ1) is 71.2. The molecule has 0 aliphatic heterocycles. The van der Waals surface area contributed by atoms with Crippen molar-refractivity contribution in [3.8, 4) is 34.5 Å². The van der Waals surface area contributed by atoms with E-state index in [1.165, 1.54) is 0 Å². The second-order valence-corrected chi connectivity index (χ2v) is 17.7. The lowest BCUT2D eigenvalue weighted by atomic mass is 9.85. The van der Waals surface area contributed by atoms with Gasteiger partial charge in [0.2, 0.25) is 0 Å². The molecule has 0 saturated heterocycles. The van der Waals surface area contributed by atoms with E-state index in [9.17, 15) is 30.6 Å². The third kappa shape index (κ3) is 17.6. The molecule has 0 heterocycles. The molecule has 0 aliphatic carbocycles. The van der Waals surface area contributed by atoms with Crippen molar-refractivity contribution in [3.05, 3.63) is 171 Å². The molecular weight excluding hydrogens is 925 g/mol. The fourth-order valence-corrected chi connectivity index (χ4v) is 9.53. The summed E-state index contributed by atoms with van der Waals surface area (Å²) >= 11 is 0. The fraction of sp³-hybridized carbons (Fsp3) is 0.478. The van der Waals surface area contributed by atoms with Gasteiger partial charge < -0.3 is 30.6 Å². The lowest BCUT2D eigenvalue weighted by Gasteiger charge is -2.21. The SMILES string of the molecule is CC.CC.CC.CC.CC.CC.CC.CCc1cc(C)cc(Cc2c(C)c(Cc3cc(C)c(O)c(Cc4cc(C)cc(Cc5c(C)c(Cc6cc(C)c(O)c(CC)c6C)cc(C)c5O)c4O)c3C)cc(C)c2O)c1O. The maximum Gasteiger partial charge on any atom is 0.122 e. The molecule has 0 fully saturated rings. The van der Waals surface area contributed by atoms with Crippen LogP contribution in [0.1, 0.15) is 233 Å². The predicted molar refractivity (Wildman–Crippen MR) is 328 cm³/mol. The van der Waals surface area contributed by atoms with Gasteiger partial charge in [-0.2, -0.15) is 0 Å². The van der Waals surface area contributed by atoms with E-state index >= 15 is 0 Å². The minimum absolute atomic E-state index is 0.146. The van der Waals surface area contributed by atoms with Gasteiger partial charge in [0.05, 0.1) is 0 Å². The molecule has 6 N–H and O–H groups in total. The summed E-state index contributed by atoms with van der Waals surface area (Å²) in [6.45, 7) is 51.9. The van der Waals surface area contributed by atoms with E-state index in [-0.39, 0.29) is 28.7 Å². The standard InChI is InChI=1S/C55H64O6.7C2H6/c1-13-38-15-28(3)16-43(54(38)60)25-47-36(11)41(21-32(7)51(47)57)24-42-22-33(8)53(59)49(37(42)12)27-45-18-29(4)17-44(55(45)61)26-48-35(10)40(20-31(6)52(48)58)23-39-19-30(5)50(56)46(14-2)34(39)9;7*1-2/h15-22,56-61H,13-14,23-27H2,1-12H3;7*1-2H3. The van der Waals surface area contributed by atoms with Crippen LogP contribution >= 0.6 is 0 Å². The summed E-state index contributed by atoms with van der Waals surface area (Å²) in [6.07, 6.45) is 3.71. The first-order valence-corrected chi connectivity index (χ1v) is 28.6. The van der Waals surface area contributed by atoms with Gasteiger partial charge in [-0.3, -0.25) is 0 Å². The van der Waals surface area contributed by atoms with Gasteiger partial charge in [-0.1, -0.05) is 170 Å². The first-order valence-electron chi connectivity index (χ1n) is 28.6. The number of aromatic hydroxyl groups is 6. The van der Waals surface area contributed by atoms with Gasteiger partial charge in [-0.25, -0.2) is 0 Å². The zero-order valence-electron chi connectivity index (χ0n) is 52.3. The summed E-state index contributed by atoms with van der Waals surface area (Å²) < 4.78 is 0. The van der Waals surface area contributed by atoms with Gasteiger partial charge in [0.1, 0.15) is 34.5 Å². The zero-order valence-corrected chi connectivity index (χ0v) is 52.3. The Labute approximate surface area is 459 Å². The van der Waals surface area contributed by atoms with Crippen molar-refractivity contribution in [2.75, 3.05) is 0 Å². The van der Waals surface area contributed by atoms with Gasteiger partial charge in [-0.15, -0.1) is 0 Å². The summed E-state index contributed by atoms with van der Waals surface area (Å²) in [5, 5.41) is 68.2. The minimum Gasteiger partial charge on any atom is -0.507 e. The number of phenolic OH excluding ortho intramolecular Hbond substituents is 6. The molecule has 0 spiro atoms. The van der Waals surface area contributed by atoms with Gasteiger partial charge in [0, 0.05) is 36.0 Å². The summed E-state index contributed by atoms with van der Waals surface area (Å²) in [5.41, 5.74) is 19.8. The van der Waals surface area contributed by atoms with E-state index in [1.807, 2.05) is 209 Å². The second-order valence-electron chi connectivity index (χ2n) is 17.7. The Morgan fingerprint density at radius 1 is 0.240 bits per heavy atom. The summed E-state index contributed by atoms with van der Waals surface area (Å²) in [4.78, 5) is 0. The molecule has 0 unspecified atom stereocenters. The molecule has 0 saturated carbocycles. The Morgan fingerprint density at radius 3 is 0.693 bits per heavy atom.